The molecule has 2 atom stereocenters. The molecule has 4 nitrogen and oxygen atoms in total. The van der Waals surface area contributed by atoms with E-state index in [0.717, 1.165) is 29.9 Å². The quantitative estimate of drug-likeness (QED) is 0.939. The van der Waals surface area contributed by atoms with Crippen LogP contribution in [0.15, 0.2) is 42.6 Å². The van der Waals surface area contributed by atoms with Crippen molar-refractivity contribution in [3.8, 4) is 0 Å². The molecule has 0 unspecified atom stereocenters. The predicted molar refractivity (Wildman–Crippen MR) is 88.9 cm³/mol. The Labute approximate surface area is 132 Å². The average Bonchev–Trinajstić information content (AvgIpc) is 2.85. The Morgan fingerprint density at radius 3 is 2.55 bits per heavy atom. The summed E-state index contributed by atoms with van der Waals surface area (Å²) in [5.41, 5.74) is 3.49. The van der Waals surface area contributed by atoms with Gasteiger partial charge in [-0.15, -0.1) is 0 Å². The van der Waals surface area contributed by atoms with E-state index < -0.39 is 6.10 Å². The molecule has 0 aliphatic heterocycles. The molecule has 1 aliphatic rings. The topological polar surface area (TPSA) is 39.6 Å². The highest BCUT2D eigenvalue weighted by Crippen LogP contribution is 2.34. The lowest BCUT2D eigenvalue weighted by molar-refractivity contribution is 0.0721. The standard InChI is InChI=1S/C18H23N3O/c1-20(2)17-9-8-13(11-19-17)12-21(3)16-10-14-6-4-5-7-15(14)18(16)22/h4-9,11,16,18,22H,10,12H2,1-3H3/t16-,18+/m0/s1. The zero-order chi connectivity index (χ0) is 15.7. The molecule has 1 heterocycles. The maximum Gasteiger partial charge on any atom is 0.127 e. The van der Waals surface area contributed by atoms with Crippen molar-refractivity contribution in [3.05, 3.63) is 59.3 Å². The maximum atomic E-state index is 10.5. The van der Waals surface area contributed by atoms with E-state index in [0.29, 0.717) is 0 Å². The van der Waals surface area contributed by atoms with Gasteiger partial charge in [0.15, 0.2) is 0 Å². The van der Waals surface area contributed by atoms with Crippen molar-refractivity contribution in [2.24, 2.45) is 0 Å². The third-order valence-corrected chi connectivity index (χ3v) is 4.43. The molecule has 0 radical (unpaired) electrons. The number of anilines is 1. The largest absolute Gasteiger partial charge is 0.387 e. The third-order valence-electron chi connectivity index (χ3n) is 4.43. The number of likely N-dealkylation sites (N-methyl/N-ethyl adjacent to an activating group) is 1. The molecule has 22 heavy (non-hydrogen) atoms. The van der Waals surface area contributed by atoms with Crippen LogP contribution in [0.3, 0.4) is 0 Å². The van der Waals surface area contributed by atoms with Crippen LogP contribution in [0.2, 0.25) is 0 Å². The Balaban J connectivity index is 1.69. The van der Waals surface area contributed by atoms with Gasteiger partial charge in [-0.3, -0.25) is 4.90 Å². The summed E-state index contributed by atoms with van der Waals surface area (Å²) in [4.78, 5) is 8.66. The summed E-state index contributed by atoms with van der Waals surface area (Å²) >= 11 is 0. The lowest BCUT2D eigenvalue weighted by atomic mass is 10.1. The van der Waals surface area contributed by atoms with Crippen LogP contribution in [-0.2, 0) is 13.0 Å². The first-order chi connectivity index (χ1) is 10.6. The Morgan fingerprint density at radius 2 is 1.91 bits per heavy atom. The summed E-state index contributed by atoms with van der Waals surface area (Å²) in [5.74, 6) is 0.958. The highest BCUT2D eigenvalue weighted by atomic mass is 16.3. The molecule has 2 aromatic rings. The minimum Gasteiger partial charge on any atom is -0.387 e. The second-order valence-corrected chi connectivity index (χ2v) is 6.25. The first-order valence-electron chi connectivity index (χ1n) is 7.64. The molecule has 0 saturated heterocycles. The molecule has 116 valence electrons. The first kappa shape index (κ1) is 15.0. The molecule has 0 amide bonds. The number of rotatable bonds is 4. The fourth-order valence-electron chi connectivity index (χ4n) is 3.13. The maximum absolute atomic E-state index is 10.5. The molecule has 0 spiro atoms. The molecule has 1 aromatic heterocycles. The molecule has 1 aliphatic carbocycles. The van der Waals surface area contributed by atoms with E-state index in [4.69, 9.17) is 0 Å². The van der Waals surface area contributed by atoms with Crippen LogP contribution in [0, 0.1) is 0 Å². The predicted octanol–water partition coefficient (Wildman–Crippen LogP) is 2.24. The van der Waals surface area contributed by atoms with Crippen molar-refractivity contribution >= 4 is 5.82 Å². The zero-order valence-corrected chi connectivity index (χ0v) is 13.4. The number of aliphatic hydroxyl groups excluding tert-OH is 1. The molecule has 3 rings (SSSR count). The lowest BCUT2D eigenvalue weighted by Gasteiger charge is -2.27. The van der Waals surface area contributed by atoms with Crippen LogP contribution < -0.4 is 4.90 Å². The van der Waals surface area contributed by atoms with Crippen molar-refractivity contribution in [2.45, 2.75) is 25.1 Å². The number of aliphatic hydroxyl groups is 1. The third kappa shape index (κ3) is 2.85. The molecule has 0 saturated carbocycles. The Hall–Kier alpha value is -1.91. The summed E-state index contributed by atoms with van der Waals surface area (Å²) in [5, 5.41) is 10.5. The number of pyridine rings is 1. The van der Waals surface area contributed by atoms with E-state index in [1.165, 1.54) is 5.56 Å². The van der Waals surface area contributed by atoms with Crippen LogP contribution >= 0.6 is 0 Å². The minimum absolute atomic E-state index is 0.130. The van der Waals surface area contributed by atoms with E-state index in [9.17, 15) is 5.11 Å². The van der Waals surface area contributed by atoms with E-state index in [1.54, 1.807) is 0 Å². The fraction of sp³-hybridized carbons (Fsp3) is 0.389. The van der Waals surface area contributed by atoms with Gasteiger partial charge in [0, 0.05) is 32.9 Å². The van der Waals surface area contributed by atoms with Gasteiger partial charge in [0.2, 0.25) is 0 Å². The molecular weight excluding hydrogens is 274 g/mol. The molecule has 1 N–H and O–H groups in total. The number of aromatic nitrogens is 1. The van der Waals surface area contributed by atoms with Crippen LogP contribution in [0.5, 0.6) is 0 Å². The summed E-state index contributed by atoms with van der Waals surface area (Å²) in [7, 11) is 6.04. The van der Waals surface area contributed by atoms with Gasteiger partial charge in [-0.05, 0) is 36.2 Å². The number of hydrogen-bond acceptors (Lipinski definition) is 4. The first-order valence-corrected chi connectivity index (χ1v) is 7.64. The van der Waals surface area contributed by atoms with E-state index in [1.807, 2.05) is 49.5 Å². The van der Waals surface area contributed by atoms with Gasteiger partial charge in [-0.2, -0.15) is 0 Å². The highest BCUT2D eigenvalue weighted by Gasteiger charge is 2.33. The fourth-order valence-corrected chi connectivity index (χ4v) is 3.13. The van der Waals surface area contributed by atoms with Gasteiger partial charge in [0.25, 0.3) is 0 Å². The van der Waals surface area contributed by atoms with E-state index in [-0.39, 0.29) is 6.04 Å². The number of hydrogen-bond donors (Lipinski definition) is 1. The molecular formula is C18H23N3O. The normalized spacial score (nSPS) is 20.2. The van der Waals surface area contributed by atoms with Crippen LogP contribution in [0.4, 0.5) is 5.82 Å². The van der Waals surface area contributed by atoms with Crippen molar-refractivity contribution < 1.29 is 5.11 Å². The summed E-state index contributed by atoms with van der Waals surface area (Å²) in [6.07, 6.45) is 2.41. The highest BCUT2D eigenvalue weighted by molar-refractivity contribution is 5.38. The van der Waals surface area contributed by atoms with Crippen molar-refractivity contribution in [3.63, 3.8) is 0 Å². The zero-order valence-electron chi connectivity index (χ0n) is 13.4. The second-order valence-electron chi connectivity index (χ2n) is 6.25. The number of benzene rings is 1. The van der Waals surface area contributed by atoms with Gasteiger partial charge >= 0.3 is 0 Å². The Kier molecular flexibility index (Phi) is 4.14. The SMILES string of the molecule is CN(C)c1ccc(CN(C)[C@H]2Cc3ccccc3[C@H]2O)cn1. The molecule has 0 fully saturated rings. The van der Waals surface area contributed by atoms with Gasteiger partial charge in [0.05, 0.1) is 6.10 Å². The van der Waals surface area contributed by atoms with Crippen LogP contribution in [0.25, 0.3) is 0 Å². The number of nitrogens with zero attached hydrogens (tertiary/aromatic N) is 3. The second kappa shape index (κ2) is 6.07. The number of fused-ring (bicyclic) bond motifs is 1. The summed E-state index contributed by atoms with van der Waals surface area (Å²) in [6, 6.07) is 12.4. The van der Waals surface area contributed by atoms with Crippen molar-refractivity contribution in [2.75, 3.05) is 26.0 Å². The van der Waals surface area contributed by atoms with Gasteiger partial charge < -0.3 is 10.0 Å². The van der Waals surface area contributed by atoms with E-state index >= 15 is 0 Å². The van der Waals surface area contributed by atoms with Crippen LogP contribution in [-0.4, -0.2) is 42.2 Å². The van der Waals surface area contributed by atoms with Gasteiger partial charge in [-0.25, -0.2) is 4.98 Å². The summed E-state index contributed by atoms with van der Waals surface area (Å²) in [6.45, 7) is 0.788. The van der Waals surface area contributed by atoms with Crippen LogP contribution in [0.1, 0.15) is 22.8 Å². The summed E-state index contributed by atoms with van der Waals surface area (Å²) < 4.78 is 0. The van der Waals surface area contributed by atoms with Gasteiger partial charge in [-0.1, -0.05) is 30.3 Å². The van der Waals surface area contributed by atoms with Crippen molar-refractivity contribution in [1.82, 2.24) is 9.88 Å². The smallest absolute Gasteiger partial charge is 0.127 e. The monoisotopic (exact) mass is 297 g/mol. The molecule has 1 aromatic carbocycles. The minimum atomic E-state index is -0.407. The van der Waals surface area contributed by atoms with Crippen molar-refractivity contribution in [1.29, 1.82) is 0 Å². The van der Waals surface area contributed by atoms with E-state index in [2.05, 4.69) is 29.1 Å². The van der Waals surface area contributed by atoms with Gasteiger partial charge in [0.1, 0.15) is 5.82 Å². The average molecular weight is 297 g/mol. The lowest BCUT2D eigenvalue weighted by Crippen LogP contribution is -2.34. The molecule has 4 heteroatoms. The molecule has 0 bridgehead atoms. The Morgan fingerprint density at radius 1 is 1.14 bits per heavy atom. The Bertz CT molecular complexity index is 639.